The number of amides is 1. The van der Waals surface area contributed by atoms with Gasteiger partial charge in [0.1, 0.15) is 5.69 Å². The number of carbonyl (C=O) groups is 1. The molecule has 202 valence electrons. The molecular weight excluding hydrogens is 501 g/mol. The number of benzene rings is 1. The lowest BCUT2D eigenvalue weighted by molar-refractivity contribution is -0.137. The van der Waals surface area contributed by atoms with Crippen LogP contribution in [0.5, 0.6) is 0 Å². The van der Waals surface area contributed by atoms with Crippen LogP contribution in [-0.2, 0) is 15.7 Å². The second-order valence-corrected chi connectivity index (χ2v) is 8.91. The smallest absolute Gasteiger partial charge is 0.381 e. The third-order valence-electron chi connectivity index (χ3n) is 6.17. The summed E-state index contributed by atoms with van der Waals surface area (Å²) < 4.78 is 49.2. The minimum atomic E-state index is -4.54. The molecule has 1 aromatic carbocycles. The van der Waals surface area contributed by atoms with Gasteiger partial charge in [0, 0.05) is 54.9 Å². The Morgan fingerprint density at radius 1 is 1.05 bits per heavy atom. The Morgan fingerprint density at radius 3 is 2.42 bits per heavy atom. The van der Waals surface area contributed by atoms with Crippen LogP contribution in [0.1, 0.15) is 34.5 Å². The van der Waals surface area contributed by atoms with E-state index in [2.05, 4.69) is 15.3 Å². The first-order valence-corrected chi connectivity index (χ1v) is 12.3. The summed E-state index contributed by atoms with van der Waals surface area (Å²) in [5, 5.41) is 2.60. The van der Waals surface area contributed by atoms with Gasteiger partial charge < -0.3 is 24.7 Å². The first kappa shape index (κ1) is 27.3. The number of aromatic nitrogens is 2. The lowest BCUT2D eigenvalue weighted by atomic mass is 10.0. The molecule has 2 aromatic heterocycles. The number of pyridine rings is 2. The van der Waals surface area contributed by atoms with Gasteiger partial charge in [-0.15, -0.1) is 0 Å². The van der Waals surface area contributed by atoms with Crippen molar-refractivity contribution in [1.82, 2.24) is 9.97 Å². The second-order valence-electron chi connectivity index (χ2n) is 8.91. The zero-order valence-corrected chi connectivity index (χ0v) is 20.9. The first-order valence-electron chi connectivity index (χ1n) is 12.3. The Labute approximate surface area is 217 Å². The predicted octanol–water partition coefficient (Wildman–Crippen LogP) is 4.65. The fourth-order valence-electron chi connectivity index (χ4n) is 4.11. The summed E-state index contributed by atoms with van der Waals surface area (Å²) in [7, 11) is 0. The molecule has 3 aromatic rings. The van der Waals surface area contributed by atoms with E-state index in [4.69, 9.17) is 9.47 Å². The van der Waals surface area contributed by atoms with Gasteiger partial charge in [-0.05, 0) is 50.1 Å². The number of alkyl halides is 3. The van der Waals surface area contributed by atoms with Crippen LogP contribution >= 0.6 is 0 Å². The Bertz CT molecular complexity index is 1310. The summed E-state index contributed by atoms with van der Waals surface area (Å²) in [5.41, 5.74) is 1.60. The molecule has 5 rings (SSSR count). The molecule has 0 spiro atoms. The van der Waals surface area contributed by atoms with Crippen LogP contribution in [0, 0.1) is 6.92 Å². The second kappa shape index (κ2) is 12.2. The molecule has 0 atom stereocenters. The summed E-state index contributed by atoms with van der Waals surface area (Å²) in [6.07, 6.45) is 1.00. The number of carbonyl (C=O) groups excluding carboxylic acids is 1. The standard InChI is InChI=1S/C23H21F3N4O3.C4H8O/c1-14-19(16-10-20(22(32)28-12-16)30-5-7-33-8-6-30)11-18(13-27-14)29-21(31)15-3-2-4-17(9-15)23(24,25)26;1-2-4-5-3-1/h2-4,9-13H,5-8H2,1H3,(H,28,32)(H,29,31);1-4H2. The van der Waals surface area contributed by atoms with E-state index in [0.29, 0.717) is 54.5 Å². The van der Waals surface area contributed by atoms with Crippen molar-refractivity contribution >= 4 is 17.3 Å². The number of aromatic amines is 1. The highest BCUT2D eigenvalue weighted by molar-refractivity contribution is 6.04. The third-order valence-corrected chi connectivity index (χ3v) is 6.17. The Hall–Kier alpha value is -3.70. The largest absolute Gasteiger partial charge is 0.416 e. The molecule has 2 fully saturated rings. The minimum absolute atomic E-state index is 0.120. The van der Waals surface area contributed by atoms with Gasteiger partial charge in [0.25, 0.3) is 11.5 Å². The molecule has 2 aliphatic rings. The quantitative estimate of drug-likeness (QED) is 0.510. The Balaban J connectivity index is 0.000000603. The van der Waals surface area contributed by atoms with Crippen LogP contribution in [0.4, 0.5) is 24.5 Å². The van der Waals surface area contributed by atoms with Gasteiger partial charge in [-0.3, -0.25) is 14.6 Å². The SMILES string of the molecule is C1CCOC1.Cc1ncc(NC(=O)c2cccc(C(F)(F)F)c2)cc1-c1c[nH]c(=O)c(N2CCOCC2)c1. The van der Waals surface area contributed by atoms with Crippen molar-refractivity contribution in [2.75, 3.05) is 49.7 Å². The zero-order chi connectivity index (χ0) is 27.1. The molecule has 2 aliphatic heterocycles. The van der Waals surface area contributed by atoms with Gasteiger partial charge in [0.2, 0.25) is 0 Å². The molecule has 0 unspecified atom stereocenters. The van der Waals surface area contributed by atoms with Crippen LogP contribution < -0.4 is 15.8 Å². The van der Waals surface area contributed by atoms with Crippen LogP contribution in [0.15, 0.2) is 53.6 Å². The van der Waals surface area contributed by atoms with E-state index in [1.165, 1.54) is 31.2 Å². The summed E-state index contributed by atoms with van der Waals surface area (Å²) in [5.74, 6) is -0.687. The molecular formula is C27H29F3N4O4. The number of halogens is 3. The number of rotatable bonds is 4. The zero-order valence-electron chi connectivity index (χ0n) is 20.9. The van der Waals surface area contributed by atoms with Crippen molar-refractivity contribution < 1.29 is 27.4 Å². The minimum Gasteiger partial charge on any atom is -0.381 e. The predicted molar refractivity (Wildman–Crippen MR) is 138 cm³/mol. The summed E-state index contributed by atoms with van der Waals surface area (Å²) in [6.45, 7) is 6.03. The maximum atomic E-state index is 13.0. The van der Waals surface area contributed by atoms with Gasteiger partial charge in [-0.25, -0.2) is 0 Å². The van der Waals surface area contributed by atoms with Crippen molar-refractivity contribution in [1.29, 1.82) is 0 Å². The van der Waals surface area contributed by atoms with E-state index in [0.717, 1.165) is 25.3 Å². The summed E-state index contributed by atoms with van der Waals surface area (Å²) in [4.78, 5) is 33.9. The Morgan fingerprint density at radius 2 is 1.76 bits per heavy atom. The number of morpholine rings is 1. The van der Waals surface area contributed by atoms with E-state index < -0.39 is 17.6 Å². The van der Waals surface area contributed by atoms with E-state index in [-0.39, 0.29) is 11.1 Å². The van der Waals surface area contributed by atoms with Gasteiger partial charge in [0.05, 0.1) is 30.7 Å². The van der Waals surface area contributed by atoms with Crippen molar-refractivity contribution in [2.45, 2.75) is 25.9 Å². The monoisotopic (exact) mass is 530 g/mol. The number of H-pyrrole nitrogens is 1. The van der Waals surface area contributed by atoms with Crippen molar-refractivity contribution in [3.05, 3.63) is 76.0 Å². The average Bonchev–Trinajstić information content (AvgIpc) is 3.51. The lowest BCUT2D eigenvalue weighted by Crippen LogP contribution is -2.39. The number of aryl methyl sites for hydroxylation is 1. The summed E-state index contributed by atoms with van der Waals surface area (Å²) >= 11 is 0. The molecule has 2 N–H and O–H groups in total. The molecule has 11 heteroatoms. The molecule has 38 heavy (non-hydrogen) atoms. The van der Waals surface area contributed by atoms with Crippen molar-refractivity contribution in [3.8, 4) is 11.1 Å². The van der Waals surface area contributed by atoms with Gasteiger partial charge in [0.15, 0.2) is 0 Å². The third kappa shape index (κ3) is 6.99. The lowest BCUT2D eigenvalue weighted by Gasteiger charge is -2.28. The highest BCUT2D eigenvalue weighted by Crippen LogP contribution is 2.30. The molecule has 0 radical (unpaired) electrons. The van der Waals surface area contributed by atoms with E-state index in [1.807, 2.05) is 4.90 Å². The molecule has 4 heterocycles. The van der Waals surface area contributed by atoms with Crippen LogP contribution in [-0.4, -0.2) is 55.4 Å². The maximum Gasteiger partial charge on any atom is 0.416 e. The fraction of sp³-hybridized carbons (Fsp3) is 0.370. The molecule has 1 amide bonds. The molecule has 0 bridgehead atoms. The van der Waals surface area contributed by atoms with E-state index in [9.17, 15) is 22.8 Å². The molecule has 0 saturated carbocycles. The number of nitrogens with zero attached hydrogens (tertiary/aromatic N) is 2. The number of hydrogen-bond acceptors (Lipinski definition) is 6. The van der Waals surface area contributed by atoms with E-state index in [1.54, 1.807) is 25.3 Å². The normalized spacial score (nSPS) is 15.5. The van der Waals surface area contributed by atoms with Crippen molar-refractivity contribution in [3.63, 3.8) is 0 Å². The van der Waals surface area contributed by atoms with Gasteiger partial charge >= 0.3 is 6.18 Å². The number of nitrogens with one attached hydrogen (secondary N) is 2. The Kier molecular flexibility index (Phi) is 8.80. The maximum absolute atomic E-state index is 13.0. The van der Waals surface area contributed by atoms with Crippen molar-refractivity contribution in [2.24, 2.45) is 0 Å². The van der Waals surface area contributed by atoms with E-state index >= 15 is 0 Å². The topological polar surface area (TPSA) is 96.5 Å². The number of anilines is 2. The number of ether oxygens (including phenoxy) is 2. The van der Waals surface area contributed by atoms with Crippen LogP contribution in [0.25, 0.3) is 11.1 Å². The van der Waals surface area contributed by atoms with Gasteiger partial charge in [-0.1, -0.05) is 6.07 Å². The fourth-order valence-corrected chi connectivity index (χ4v) is 4.11. The highest BCUT2D eigenvalue weighted by atomic mass is 19.4. The average molecular weight is 531 g/mol. The molecule has 0 aliphatic carbocycles. The van der Waals surface area contributed by atoms with Crippen LogP contribution in [0.2, 0.25) is 0 Å². The highest BCUT2D eigenvalue weighted by Gasteiger charge is 2.31. The molecule has 8 nitrogen and oxygen atoms in total. The van der Waals surface area contributed by atoms with Gasteiger partial charge in [-0.2, -0.15) is 13.2 Å². The number of hydrogen-bond donors (Lipinski definition) is 2. The molecule has 2 saturated heterocycles. The first-order chi connectivity index (χ1) is 18.2. The van der Waals surface area contributed by atoms with Crippen LogP contribution in [0.3, 0.4) is 0 Å². The summed E-state index contributed by atoms with van der Waals surface area (Å²) in [6, 6.07) is 7.63.